The Balaban J connectivity index is 1.54. The molecule has 0 saturated carbocycles. The normalized spacial score (nSPS) is 10.8. The molecule has 0 spiro atoms. The summed E-state index contributed by atoms with van der Waals surface area (Å²) >= 11 is 7.19. The van der Waals surface area contributed by atoms with Gasteiger partial charge in [0.2, 0.25) is 0 Å². The fraction of sp³-hybridized carbons (Fsp3) is 0.150. The van der Waals surface area contributed by atoms with Crippen LogP contribution >= 0.6 is 23.4 Å². The van der Waals surface area contributed by atoms with Gasteiger partial charge in [-0.25, -0.2) is 5.43 Å². The van der Waals surface area contributed by atoms with E-state index in [4.69, 9.17) is 11.6 Å². The smallest absolute Gasteiger partial charge is 0.250 e. The van der Waals surface area contributed by atoms with Gasteiger partial charge in [-0.05, 0) is 36.4 Å². The van der Waals surface area contributed by atoms with E-state index in [2.05, 4.69) is 37.6 Å². The van der Waals surface area contributed by atoms with E-state index in [-0.39, 0.29) is 11.7 Å². The lowest BCUT2D eigenvalue weighted by Gasteiger charge is -2.09. The maximum atomic E-state index is 12.1. The molecule has 0 saturated heterocycles. The lowest BCUT2D eigenvalue weighted by atomic mass is 10.3. The molecule has 3 aromatic rings. The number of aromatic nitrogens is 4. The molecule has 0 aliphatic carbocycles. The summed E-state index contributed by atoms with van der Waals surface area (Å²) in [7, 11) is 0. The molecule has 0 aliphatic heterocycles. The Morgan fingerprint density at radius 2 is 2.07 bits per heavy atom. The molecule has 1 amide bonds. The van der Waals surface area contributed by atoms with E-state index >= 15 is 0 Å². The van der Waals surface area contributed by atoms with Crippen LogP contribution in [0.1, 0.15) is 11.5 Å². The number of carbonyl (C=O) groups is 1. The van der Waals surface area contributed by atoms with Gasteiger partial charge in [-0.1, -0.05) is 35.5 Å². The van der Waals surface area contributed by atoms with E-state index in [9.17, 15) is 4.79 Å². The van der Waals surface area contributed by atoms with Gasteiger partial charge >= 0.3 is 0 Å². The van der Waals surface area contributed by atoms with Crippen molar-refractivity contribution in [3.05, 3.63) is 77.9 Å². The Labute approximate surface area is 183 Å². The first-order valence-electron chi connectivity index (χ1n) is 9.04. The summed E-state index contributed by atoms with van der Waals surface area (Å²) in [6.07, 6.45) is 4.91. The van der Waals surface area contributed by atoms with Crippen molar-refractivity contribution in [3.8, 4) is 0 Å². The van der Waals surface area contributed by atoms with Crippen LogP contribution in [0.3, 0.4) is 0 Å². The molecule has 10 heteroatoms. The minimum absolute atomic E-state index is 0.152. The number of nitrogens with zero attached hydrogens (tertiary/aromatic N) is 5. The maximum Gasteiger partial charge on any atom is 0.250 e. The summed E-state index contributed by atoms with van der Waals surface area (Å²) in [5.41, 5.74) is 4.06. The number of pyridine rings is 1. The van der Waals surface area contributed by atoms with Crippen molar-refractivity contribution in [1.29, 1.82) is 0 Å². The molecule has 30 heavy (non-hydrogen) atoms. The minimum atomic E-state index is -0.249. The Hall–Kier alpha value is -3.17. The van der Waals surface area contributed by atoms with Crippen LogP contribution in [-0.4, -0.2) is 37.6 Å². The summed E-state index contributed by atoms with van der Waals surface area (Å²) in [5, 5.41) is 16.9. The highest BCUT2D eigenvalue weighted by molar-refractivity contribution is 7.99. The molecule has 154 valence electrons. The van der Waals surface area contributed by atoms with Crippen LogP contribution in [0.4, 0.5) is 5.69 Å². The summed E-state index contributed by atoms with van der Waals surface area (Å²) in [4.78, 5) is 16.2. The summed E-state index contributed by atoms with van der Waals surface area (Å²) in [5.74, 6) is 0.640. The monoisotopic (exact) mass is 441 g/mol. The van der Waals surface area contributed by atoms with Gasteiger partial charge in [0.15, 0.2) is 11.0 Å². The lowest BCUT2D eigenvalue weighted by Crippen LogP contribution is -2.20. The lowest BCUT2D eigenvalue weighted by molar-refractivity contribution is -0.118. The quantitative estimate of drug-likeness (QED) is 0.217. The molecule has 0 aliphatic rings. The minimum Gasteiger partial charge on any atom is -0.378 e. The van der Waals surface area contributed by atoms with Crippen LogP contribution in [0.5, 0.6) is 0 Å². The Kier molecular flexibility index (Phi) is 7.99. The molecule has 2 N–H and O–H groups in total. The topological polar surface area (TPSA) is 97.1 Å². The highest BCUT2D eigenvalue weighted by Crippen LogP contribution is 2.19. The third kappa shape index (κ3) is 6.43. The molecule has 0 radical (unpaired) electrons. The number of nitrogens with one attached hydrogen (secondary N) is 2. The molecule has 2 aromatic heterocycles. The molecule has 3 rings (SSSR count). The van der Waals surface area contributed by atoms with Crippen molar-refractivity contribution in [1.82, 2.24) is 25.2 Å². The molecule has 8 nitrogen and oxygen atoms in total. The van der Waals surface area contributed by atoms with E-state index in [1.807, 2.05) is 41.0 Å². The van der Waals surface area contributed by atoms with Gasteiger partial charge in [0, 0.05) is 23.5 Å². The number of hydrogen-bond acceptors (Lipinski definition) is 7. The number of amides is 1. The second-order valence-corrected chi connectivity index (χ2v) is 7.37. The van der Waals surface area contributed by atoms with Gasteiger partial charge in [0.1, 0.15) is 0 Å². The summed E-state index contributed by atoms with van der Waals surface area (Å²) in [6.45, 7) is 4.80. The molecular formula is C20H20ClN7OS. The Morgan fingerprint density at radius 1 is 1.23 bits per heavy atom. The van der Waals surface area contributed by atoms with E-state index < -0.39 is 0 Å². The van der Waals surface area contributed by atoms with Crippen LogP contribution in [0.15, 0.2) is 71.6 Å². The van der Waals surface area contributed by atoms with Gasteiger partial charge in [-0.2, -0.15) is 5.10 Å². The maximum absolute atomic E-state index is 12.1. The number of rotatable bonds is 10. The van der Waals surface area contributed by atoms with Crippen LogP contribution < -0.4 is 10.7 Å². The average Bonchev–Trinajstić information content (AvgIpc) is 3.14. The highest BCUT2D eigenvalue weighted by Gasteiger charge is 2.13. The Bertz CT molecular complexity index is 1010. The first-order chi connectivity index (χ1) is 14.7. The van der Waals surface area contributed by atoms with Crippen LogP contribution in [0.25, 0.3) is 0 Å². The van der Waals surface area contributed by atoms with Crippen molar-refractivity contribution >= 4 is 41.2 Å². The number of anilines is 1. The first kappa shape index (κ1) is 21.5. The van der Waals surface area contributed by atoms with E-state index in [1.165, 1.54) is 18.0 Å². The van der Waals surface area contributed by atoms with Crippen molar-refractivity contribution < 1.29 is 4.79 Å². The van der Waals surface area contributed by atoms with Gasteiger partial charge in [0.25, 0.3) is 5.91 Å². The van der Waals surface area contributed by atoms with Crippen molar-refractivity contribution in [2.75, 3.05) is 11.1 Å². The van der Waals surface area contributed by atoms with Gasteiger partial charge in [-0.15, -0.1) is 16.8 Å². The molecule has 0 bridgehead atoms. The third-order valence-corrected chi connectivity index (χ3v) is 5.02. The number of hydrazone groups is 1. The number of benzene rings is 1. The van der Waals surface area contributed by atoms with Gasteiger partial charge in [0.05, 0.1) is 24.2 Å². The number of thioether (sulfide) groups is 1. The van der Waals surface area contributed by atoms with Crippen LogP contribution in [0.2, 0.25) is 5.02 Å². The predicted octanol–water partition coefficient (Wildman–Crippen LogP) is 3.37. The molecule has 2 heterocycles. The van der Waals surface area contributed by atoms with Crippen LogP contribution in [-0.2, 0) is 17.9 Å². The van der Waals surface area contributed by atoms with Crippen molar-refractivity contribution in [2.45, 2.75) is 18.2 Å². The van der Waals surface area contributed by atoms with E-state index in [1.54, 1.807) is 18.3 Å². The summed E-state index contributed by atoms with van der Waals surface area (Å²) in [6, 6.07) is 12.9. The highest BCUT2D eigenvalue weighted by atomic mass is 35.5. The SMILES string of the molecule is C=CCn1c(CNc2ccc(Cl)cc2)nnc1SCC(=O)N/N=C\c1ccccn1. The van der Waals surface area contributed by atoms with Crippen molar-refractivity contribution in [3.63, 3.8) is 0 Å². The zero-order chi connectivity index (χ0) is 21.2. The zero-order valence-electron chi connectivity index (χ0n) is 16.0. The zero-order valence-corrected chi connectivity index (χ0v) is 17.6. The van der Waals surface area contributed by atoms with Gasteiger partial charge in [-0.3, -0.25) is 9.78 Å². The molecule has 1 aromatic carbocycles. The van der Waals surface area contributed by atoms with Gasteiger partial charge < -0.3 is 9.88 Å². The van der Waals surface area contributed by atoms with E-state index in [0.29, 0.717) is 29.0 Å². The van der Waals surface area contributed by atoms with Crippen molar-refractivity contribution in [2.24, 2.45) is 5.10 Å². The fourth-order valence-corrected chi connectivity index (χ4v) is 3.29. The second-order valence-electron chi connectivity index (χ2n) is 5.99. The number of allylic oxidation sites excluding steroid dienone is 1. The number of carbonyl (C=O) groups excluding carboxylic acids is 1. The van der Waals surface area contributed by atoms with E-state index in [0.717, 1.165) is 11.5 Å². The summed E-state index contributed by atoms with van der Waals surface area (Å²) < 4.78 is 1.91. The predicted molar refractivity (Wildman–Crippen MR) is 120 cm³/mol. The number of halogens is 1. The number of hydrogen-bond donors (Lipinski definition) is 2. The van der Waals surface area contributed by atoms with Crippen LogP contribution in [0, 0.1) is 0 Å². The average molecular weight is 442 g/mol. The Morgan fingerprint density at radius 3 is 2.80 bits per heavy atom. The first-order valence-corrected chi connectivity index (χ1v) is 10.4. The molecule has 0 unspecified atom stereocenters. The largest absolute Gasteiger partial charge is 0.378 e. The molecular weight excluding hydrogens is 422 g/mol. The molecule has 0 atom stereocenters. The second kappa shape index (κ2) is 11.1. The fourth-order valence-electron chi connectivity index (χ4n) is 2.40. The molecule has 0 fully saturated rings. The third-order valence-electron chi connectivity index (χ3n) is 3.81. The standard InChI is InChI=1S/C20H20ClN7OS/c1-2-11-28-18(13-23-16-8-6-15(21)7-9-16)25-27-20(28)30-14-19(29)26-24-12-17-5-3-4-10-22-17/h2-10,12,23H,1,11,13-14H2,(H,26,29)/b24-12-.